The second-order valence-corrected chi connectivity index (χ2v) is 14.3. The summed E-state index contributed by atoms with van der Waals surface area (Å²) in [5, 5.41) is 11.0. The molecule has 0 radical (unpaired) electrons. The van der Waals surface area contributed by atoms with Gasteiger partial charge in [0.05, 0.1) is 8.07 Å². The van der Waals surface area contributed by atoms with Crippen LogP contribution in [0.4, 0.5) is 8.78 Å². The minimum Gasteiger partial charge on any atom is -0.503 e. The molecule has 1 saturated heterocycles. The second kappa shape index (κ2) is 9.21. The van der Waals surface area contributed by atoms with Crippen molar-refractivity contribution in [3.05, 3.63) is 59.7 Å². The Morgan fingerprint density at radius 3 is 2.00 bits per heavy atom. The van der Waals surface area contributed by atoms with Crippen LogP contribution >= 0.6 is 0 Å². The fraction of sp³-hybridized carbons (Fsp3) is 0.538. The average molecular weight is 429 g/mol. The van der Waals surface area contributed by atoms with Crippen LogP contribution in [0.15, 0.2) is 42.5 Å². The molecular weight excluding hydrogens is 394 g/mol. The third-order valence-corrected chi connectivity index (χ3v) is 13.6. The lowest BCUT2D eigenvalue weighted by molar-refractivity contribution is 0.215. The Hall–Kier alpha value is -1.68. The number of phenols is 1. The molecular formula is C26H34F2OSi. The number of hydrogen-bond donors (Lipinski definition) is 1. The van der Waals surface area contributed by atoms with Crippen LogP contribution < -0.4 is 5.19 Å². The number of aromatic hydroxyl groups is 1. The van der Waals surface area contributed by atoms with Crippen LogP contribution in [0.1, 0.15) is 63.4 Å². The van der Waals surface area contributed by atoms with Gasteiger partial charge in [0, 0.05) is 0 Å². The maximum absolute atomic E-state index is 13.8. The van der Waals surface area contributed by atoms with Crippen molar-refractivity contribution in [2.75, 3.05) is 0 Å². The van der Waals surface area contributed by atoms with Gasteiger partial charge in [0.25, 0.3) is 0 Å². The molecule has 4 rings (SSSR count). The van der Waals surface area contributed by atoms with Gasteiger partial charge in [-0.25, -0.2) is 8.78 Å². The molecule has 0 aromatic heterocycles. The Balaban J connectivity index is 1.36. The quantitative estimate of drug-likeness (QED) is 0.503. The number of halogens is 2. The molecule has 1 saturated carbocycles. The molecule has 0 amide bonds. The SMILES string of the molecule is CCC[Si@]1(c2ccccc2)CC[C@H](C2CCC(c3cc(F)c(O)c(F)c3)CC2)CC1. The molecule has 1 N–H and O–H groups in total. The number of rotatable bonds is 5. The van der Waals surface area contributed by atoms with Crippen LogP contribution in [-0.4, -0.2) is 13.2 Å². The van der Waals surface area contributed by atoms with Gasteiger partial charge in [0.2, 0.25) is 0 Å². The molecule has 1 aliphatic heterocycles. The number of phenolic OH excluding ortho intramolecular Hbond substituents is 1. The van der Waals surface area contributed by atoms with Crippen LogP contribution in [0.2, 0.25) is 18.1 Å². The van der Waals surface area contributed by atoms with Gasteiger partial charge in [0.1, 0.15) is 0 Å². The summed E-state index contributed by atoms with van der Waals surface area (Å²) in [7, 11) is -1.36. The van der Waals surface area contributed by atoms with Gasteiger partial charge in [-0.3, -0.25) is 0 Å². The second-order valence-electron chi connectivity index (χ2n) is 9.68. The van der Waals surface area contributed by atoms with Gasteiger partial charge in [0.15, 0.2) is 17.4 Å². The Morgan fingerprint density at radius 1 is 0.867 bits per heavy atom. The highest BCUT2D eigenvalue weighted by Crippen LogP contribution is 2.46. The zero-order valence-corrected chi connectivity index (χ0v) is 19.0. The molecule has 2 aliphatic rings. The van der Waals surface area contributed by atoms with E-state index in [1.807, 2.05) is 0 Å². The summed E-state index contributed by atoms with van der Waals surface area (Å²) in [4.78, 5) is 0. The summed E-state index contributed by atoms with van der Waals surface area (Å²) in [6.45, 7) is 2.33. The van der Waals surface area contributed by atoms with Crippen molar-refractivity contribution in [1.29, 1.82) is 0 Å². The van der Waals surface area contributed by atoms with E-state index in [4.69, 9.17) is 0 Å². The molecule has 2 fully saturated rings. The van der Waals surface area contributed by atoms with Crippen molar-refractivity contribution in [3.63, 3.8) is 0 Å². The van der Waals surface area contributed by atoms with Crippen molar-refractivity contribution < 1.29 is 13.9 Å². The molecule has 1 nitrogen and oxygen atoms in total. The van der Waals surface area contributed by atoms with E-state index in [0.717, 1.165) is 37.5 Å². The van der Waals surface area contributed by atoms with Crippen LogP contribution in [0.5, 0.6) is 5.75 Å². The van der Waals surface area contributed by atoms with Crippen molar-refractivity contribution in [2.45, 2.75) is 75.9 Å². The summed E-state index contributed by atoms with van der Waals surface area (Å²) in [6.07, 6.45) is 8.33. The van der Waals surface area contributed by atoms with E-state index >= 15 is 0 Å². The Bertz CT molecular complexity index is 814. The van der Waals surface area contributed by atoms with E-state index < -0.39 is 25.5 Å². The zero-order chi connectivity index (χ0) is 21.1. The van der Waals surface area contributed by atoms with Crippen molar-refractivity contribution in [1.82, 2.24) is 0 Å². The minimum absolute atomic E-state index is 0.215. The Morgan fingerprint density at radius 2 is 1.43 bits per heavy atom. The van der Waals surface area contributed by atoms with E-state index in [-0.39, 0.29) is 5.92 Å². The third kappa shape index (κ3) is 4.34. The smallest absolute Gasteiger partial charge is 0.187 e. The van der Waals surface area contributed by atoms with E-state index in [2.05, 4.69) is 37.3 Å². The summed E-state index contributed by atoms with van der Waals surface area (Å²) in [5.74, 6) is -0.729. The monoisotopic (exact) mass is 428 g/mol. The van der Waals surface area contributed by atoms with Crippen LogP contribution in [0.3, 0.4) is 0 Å². The summed E-state index contributed by atoms with van der Waals surface area (Å²) in [6, 6.07) is 18.2. The highest BCUT2D eigenvalue weighted by Gasteiger charge is 2.40. The summed E-state index contributed by atoms with van der Waals surface area (Å²) >= 11 is 0. The Kier molecular flexibility index (Phi) is 6.62. The average Bonchev–Trinajstić information content (AvgIpc) is 2.78. The topological polar surface area (TPSA) is 20.2 Å². The Labute approximate surface area is 180 Å². The lowest BCUT2D eigenvalue weighted by Crippen LogP contribution is -2.50. The van der Waals surface area contributed by atoms with E-state index in [1.165, 1.54) is 49.5 Å². The maximum Gasteiger partial charge on any atom is 0.187 e. The first-order chi connectivity index (χ1) is 14.5. The molecule has 0 bridgehead atoms. The van der Waals surface area contributed by atoms with Crippen LogP contribution in [0, 0.1) is 23.5 Å². The first-order valence-corrected chi connectivity index (χ1v) is 14.4. The van der Waals surface area contributed by atoms with Gasteiger partial charge in [-0.05, 0) is 61.1 Å². The fourth-order valence-electron chi connectivity index (χ4n) is 6.36. The molecule has 30 heavy (non-hydrogen) atoms. The molecule has 1 aliphatic carbocycles. The molecule has 0 atom stereocenters. The van der Waals surface area contributed by atoms with E-state index in [0.29, 0.717) is 5.56 Å². The lowest BCUT2D eigenvalue weighted by atomic mass is 9.72. The minimum atomic E-state index is -1.36. The molecule has 1 heterocycles. The first-order valence-electron chi connectivity index (χ1n) is 11.8. The third-order valence-electron chi connectivity index (χ3n) is 8.05. The number of benzene rings is 2. The first kappa shape index (κ1) is 21.5. The predicted octanol–water partition coefficient (Wildman–Crippen LogP) is 7.12. The molecule has 0 unspecified atom stereocenters. The molecule has 162 valence electrons. The zero-order valence-electron chi connectivity index (χ0n) is 18.0. The van der Waals surface area contributed by atoms with Crippen molar-refractivity contribution in [2.24, 2.45) is 11.8 Å². The fourth-order valence-corrected chi connectivity index (χ4v) is 11.7. The standard InChI is InChI=1S/C26H34F2OSi/c1-2-14-30(23-6-4-3-5-7-23)15-12-21(13-16-30)19-8-10-20(11-9-19)22-17-24(27)26(29)25(28)18-22/h3-7,17-21,29H,2,8-16H2,1H3/t19?,20?,21-,30-. The number of hydrogen-bond acceptors (Lipinski definition) is 1. The predicted molar refractivity (Wildman–Crippen MR) is 122 cm³/mol. The van der Waals surface area contributed by atoms with Gasteiger partial charge in [-0.1, -0.05) is 79.8 Å². The van der Waals surface area contributed by atoms with E-state index in [1.54, 1.807) is 5.19 Å². The van der Waals surface area contributed by atoms with Crippen molar-refractivity contribution >= 4 is 13.3 Å². The largest absolute Gasteiger partial charge is 0.503 e. The van der Waals surface area contributed by atoms with Gasteiger partial charge in [-0.15, -0.1) is 0 Å². The highest BCUT2D eigenvalue weighted by atomic mass is 28.3. The van der Waals surface area contributed by atoms with Gasteiger partial charge >= 0.3 is 0 Å². The molecule has 4 heteroatoms. The van der Waals surface area contributed by atoms with Gasteiger partial charge in [-0.2, -0.15) is 0 Å². The molecule has 2 aromatic rings. The van der Waals surface area contributed by atoms with Crippen LogP contribution in [-0.2, 0) is 0 Å². The van der Waals surface area contributed by atoms with Crippen LogP contribution in [0.25, 0.3) is 0 Å². The van der Waals surface area contributed by atoms with Gasteiger partial charge < -0.3 is 5.11 Å². The maximum atomic E-state index is 13.8. The molecule has 2 aromatic carbocycles. The summed E-state index contributed by atoms with van der Waals surface area (Å²) in [5.41, 5.74) is 0.711. The van der Waals surface area contributed by atoms with E-state index in [9.17, 15) is 13.9 Å². The highest BCUT2D eigenvalue weighted by molar-refractivity contribution is 6.92. The van der Waals surface area contributed by atoms with Crippen molar-refractivity contribution in [3.8, 4) is 5.75 Å². The lowest BCUT2D eigenvalue weighted by Gasteiger charge is -2.43. The normalized spacial score (nSPS) is 29.6. The molecule has 0 spiro atoms. The summed E-state index contributed by atoms with van der Waals surface area (Å²) < 4.78 is 27.5.